The molecule has 2 heterocycles. The minimum Gasteiger partial charge on any atom is -0.325 e. The number of aryl methyl sites for hydroxylation is 2. The van der Waals surface area contributed by atoms with Crippen molar-refractivity contribution in [1.82, 2.24) is 0 Å². The Morgan fingerprint density at radius 2 is 1.94 bits per heavy atom. The number of hydrogen-bond acceptors (Lipinski definition) is 7. The molecule has 0 unspecified atom stereocenters. The van der Waals surface area contributed by atoms with Crippen LogP contribution in [-0.2, 0) is 14.6 Å². The molecule has 2 aliphatic heterocycles. The number of aliphatic imine (C=N–C) groups is 1. The first-order valence-corrected chi connectivity index (χ1v) is 13.1. The molecule has 0 saturated carbocycles. The minimum absolute atomic E-state index is 0.000685. The molecule has 9 heteroatoms. The second-order valence-corrected chi connectivity index (χ2v) is 11.4. The van der Waals surface area contributed by atoms with Crippen molar-refractivity contribution in [3.8, 4) is 0 Å². The second kappa shape index (κ2) is 8.71. The zero-order valence-electron chi connectivity index (χ0n) is 18.2. The number of hydrogen-bond donors (Lipinski definition) is 1. The van der Waals surface area contributed by atoms with Gasteiger partial charge in [0.2, 0.25) is 5.91 Å². The molecule has 4 rings (SSSR count). The highest BCUT2D eigenvalue weighted by Gasteiger charge is 2.47. The van der Waals surface area contributed by atoms with E-state index in [-0.39, 0.29) is 41.0 Å². The van der Waals surface area contributed by atoms with Crippen LogP contribution in [0.4, 0.5) is 11.4 Å². The van der Waals surface area contributed by atoms with Gasteiger partial charge in [0.15, 0.2) is 20.8 Å². The molecule has 1 fully saturated rings. The van der Waals surface area contributed by atoms with Crippen molar-refractivity contribution in [2.24, 2.45) is 4.99 Å². The lowest BCUT2D eigenvalue weighted by Gasteiger charge is -2.26. The van der Waals surface area contributed by atoms with Gasteiger partial charge in [0.25, 0.3) is 0 Å². The third-order valence-corrected chi connectivity index (χ3v) is 8.30. The van der Waals surface area contributed by atoms with E-state index >= 15 is 0 Å². The molecular formula is C23H25N3O4S2. The quantitative estimate of drug-likeness (QED) is 0.673. The van der Waals surface area contributed by atoms with E-state index in [1.165, 1.54) is 18.7 Å². The van der Waals surface area contributed by atoms with Crippen LogP contribution in [0.3, 0.4) is 0 Å². The van der Waals surface area contributed by atoms with Gasteiger partial charge in [-0.05, 0) is 50.1 Å². The first-order valence-electron chi connectivity index (χ1n) is 10.3. The van der Waals surface area contributed by atoms with Gasteiger partial charge in [-0.25, -0.2) is 8.42 Å². The third kappa shape index (κ3) is 4.73. The van der Waals surface area contributed by atoms with E-state index in [1.54, 1.807) is 18.2 Å². The van der Waals surface area contributed by atoms with Crippen LogP contribution in [0.15, 0.2) is 47.5 Å². The van der Waals surface area contributed by atoms with Crippen LogP contribution in [0.1, 0.15) is 28.4 Å². The predicted molar refractivity (Wildman–Crippen MR) is 130 cm³/mol. The maximum Gasteiger partial charge on any atom is 0.234 e. The van der Waals surface area contributed by atoms with Crippen molar-refractivity contribution >= 4 is 49.8 Å². The Morgan fingerprint density at radius 1 is 1.16 bits per heavy atom. The SMILES string of the molecule is CC(=O)c1cccc(N2C(SCC(=O)Nc3cc(C)ccc3C)=N[C@@H]3CS(=O)(=O)C[C@@H]32)c1. The van der Waals surface area contributed by atoms with Crippen LogP contribution in [0.25, 0.3) is 0 Å². The van der Waals surface area contributed by atoms with E-state index in [4.69, 9.17) is 0 Å². The Bertz CT molecular complexity index is 1220. The molecule has 1 N–H and O–H groups in total. The largest absolute Gasteiger partial charge is 0.325 e. The molecule has 168 valence electrons. The summed E-state index contributed by atoms with van der Waals surface area (Å²) in [6.45, 7) is 5.40. The topological polar surface area (TPSA) is 95.9 Å². The van der Waals surface area contributed by atoms with Crippen LogP contribution < -0.4 is 10.2 Å². The molecule has 2 aromatic rings. The number of benzene rings is 2. The van der Waals surface area contributed by atoms with Crippen molar-refractivity contribution in [3.05, 3.63) is 59.2 Å². The summed E-state index contributed by atoms with van der Waals surface area (Å²) in [5.41, 5.74) is 4.07. The summed E-state index contributed by atoms with van der Waals surface area (Å²) >= 11 is 1.28. The predicted octanol–water partition coefficient (Wildman–Crippen LogP) is 3.22. The molecule has 0 bridgehead atoms. The molecule has 2 aliphatic rings. The molecule has 0 aliphatic carbocycles. The van der Waals surface area contributed by atoms with Crippen molar-refractivity contribution in [2.75, 3.05) is 27.5 Å². The van der Waals surface area contributed by atoms with E-state index in [0.29, 0.717) is 16.4 Å². The number of carbonyl (C=O) groups is 2. The van der Waals surface area contributed by atoms with Gasteiger partial charge < -0.3 is 10.2 Å². The lowest BCUT2D eigenvalue weighted by atomic mass is 10.1. The maximum atomic E-state index is 12.6. The van der Waals surface area contributed by atoms with Crippen molar-refractivity contribution in [1.29, 1.82) is 0 Å². The Kier molecular flexibility index (Phi) is 6.13. The third-order valence-electron chi connectivity index (χ3n) is 5.64. The van der Waals surface area contributed by atoms with E-state index in [1.807, 2.05) is 43.0 Å². The van der Waals surface area contributed by atoms with Gasteiger partial charge in [-0.1, -0.05) is 36.0 Å². The average Bonchev–Trinajstić information content (AvgIpc) is 3.20. The number of Topliss-reactive ketones (excluding diaryl/α,β-unsaturated/α-hetero) is 1. The van der Waals surface area contributed by atoms with Crippen molar-refractivity contribution in [2.45, 2.75) is 32.9 Å². The number of amidine groups is 1. The fraction of sp³-hybridized carbons (Fsp3) is 0.348. The van der Waals surface area contributed by atoms with Gasteiger partial charge in [-0.2, -0.15) is 0 Å². The van der Waals surface area contributed by atoms with Gasteiger partial charge >= 0.3 is 0 Å². The Hall–Kier alpha value is -2.65. The summed E-state index contributed by atoms with van der Waals surface area (Å²) < 4.78 is 24.4. The van der Waals surface area contributed by atoms with Crippen molar-refractivity contribution in [3.63, 3.8) is 0 Å². The standard InChI is InChI=1S/C23H25N3O4S2/c1-14-7-8-15(2)19(9-14)24-22(28)11-31-23-25-20-12-32(29,30)13-21(20)26(23)18-6-4-5-17(10-18)16(3)27/h4-10,20-21H,11-13H2,1-3H3,(H,24,28)/t20-,21+/m1/s1. The van der Waals surface area contributed by atoms with Crippen molar-refractivity contribution < 1.29 is 18.0 Å². The molecule has 7 nitrogen and oxygen atoms in total. The Balaban J connectivity index is 1.54. The van der Waals surface area contributed by atoms with E-state index in [9.17, 15) is 18.0 Å². The zero-order chi connectivity index (χ0) is 23.0. The van der Waals surface area contributed by atoms with E-state index < -0.39 is 9.84 Å². The van der Waals surface area contributed by atoms with Gasteiger partial charge in [-0.15, -0.1) is 0 Å². The van der Waals surface area contributed by atoms with Gasteiger partial charge in [0.05, 0.1) is 29.3 Å². The smallest absolute Gasteiger partial charge is 0.234 e. The fourth-order valence-electron chi connectivity index (χ4n) is 4.00. The molecule has 0 radical (unpaired) electrons. The average molecular weight is 472 g/mol. The van der Waals surface area contributed by atoms with Crippen LogP contribution in [0.2, 0.25) is 0 Å². The number of ketones is 1. The molecule has 0 spiro atoms. The zero-order valence-corrected chi connectivity index (χ0v) is 19.8. The summed E-state index contributed by atoms with van der Waals surface area (Å²) in [7, 11) is -3.18. The highest BCUT2D eigenvalue weighted by atomic mass is 32.2. The highest BCUT2D eigenvalue weighted by Crippen LogP contribution is 2.35. The molecule has 1 amide bonds. The van der Waals surface area contributed by atoms with Crippen LogP contribution >= 0.6 is 11.8 Å². The van der Waals surface area contributed by atoms with Crippen LogP contribution in [-0.4, -0.2) is 54.6 Å². The number of nitrogens with one attached hydrogen (secondary N) is 1. The van der Waals surface area contributed by atoms with E-state index in [0.717, 1.165) is 16.8 Å². The monoisotopic (exact) mass is 471 g/mol. The number of anilines is 2. The second-order valence-electron chi connectivity index (χ2n) is 8.26. The molecule has 0 aromatic heterocycles. The molecule has 1 saturated heterocycles. The maximum absolute atomic E-state index is 12.6. The van der Waals surface area contributed by atoms with Gasteiger partial charge in [0, 0.05) is 16.9 Å². The first kappa shape index (κ1) is 22.5. The minimum atomic E-state index is -3.18. The molecular weight excluding hydrogens is 446 g/mol. The summed E-state index contributed by atoms with van der Waals surface area (Å²) in [6.07, 6.45) is 0. The number of carbonyl (C=O) groups excluding carboxylic acids is 2. The fourth-order valence-corrected chi connectivity index (χ4v) is 6.76. The molecule has 32 heavy (non-hydrogen) atoms. The number of amides is 1. The summed E-state index contributed by atoms with van der Waals surface area (Å²) in [6, 6.07) is 12.3. The number of nitrogens with zero attached hydrogens (tertiary/aromatic N) is 2. The van der Waals surface area contributed by atoms with Gasteiger partial charge in [0.1, 0.15) is 0 Å². The summed E-state index contributed by atoms with van der Waals surface area (Å²) in [5.74, 6) is -0.0839. The highest BCUT2D eigenvalue weighted by molar-refractivity contribution is 8.14. The van der Waals surface area contributed by atoms with Crippen LogP contribution in [0, 0.1) is 13.8 Å². The first-order chi connectivity index (χ1) is 15.1. The molecule has 2 atom stereocenters. The number of sulfone groups is 1. The summed E-state index contributed by atoms with van der Waals surface area (Å²) in [5, 5.41) is 3.55. The van der Waals surface area contributed by atoms with Crippen LogP contribution in [0.5, 0.6) is 0 Å². The Morgan fingerprint density at radius 3 is 2.69 bits per heavy atom. The number of rotatable bonds is 5. The Labute approximate surface area is 192 Å². The lowest BCUT2D eigenvalue weighted by Crippen LogP contribution is -2.39. The lowest BCUT2D eigenvalue weighted by molar-refractivity contribution is -0.113. The number of fused-ring (bicyclic) bond motifs is 1. The van der Waals surface area contributed by atoms with Gasteiger partial charge in [-0.3, -0.25) is 14.6 Å². The summed E-state index contributed by atoms with van der Waals surface area (Å²) in [4.78, 5) is 31.0. The molecule has 2 aromatic carbocycles. The normalized spacial score (nSPS) is 21.2. The number of thioether (sulfide) groups is 1. The van der Waals surface area contributed by atoms with E-state index in [2.05, 4.69) is 10.3 Å².